The van der Waals surface area contributed by atoms with Crippen molar-refractivity contribution >= 4 is 39.3 Å². The fourth-order valence-electron chi connectivity index (χ4n) is 1.66. The van der Waals surface area contributed by atoms with E-state index in [9.17, 15) is 14.4 Å². The molecule has 0 bridgehead atoms. The van der Waals surface area contributed by atoms with Crippen LogP contribution in [0, 0.1) is 0 Å². The van der Waals surface area contributed by atoms with Crippen LogP contribution in [0.3, 0.4) is 0 Å². The van der Waals surface area contributed by atoms with Gasteiger partial charge in [-0.05, 0) is 34.1 Å². The number of carbonyl (C=O) groups is 3. The van der Waals surface area contributed by atoms with E-state index in [1.807, 2.05) is 0 Å². The average Bonchev–Trinajstić information content (AvgIpc) is 2.58. The van der Waals surface area contributed by atoms with Gasteiger partial charge in [-0.1, -0.05) is 0 Å². The molecule has 0 atom stereocenters. The van der Waals surface area contributed by atoms with Gasteiger partial charge in [-0.25, -0.2) is 4.79 Å². The van der Waals surface area contributed by atoms with Crippen LogP contribution in [0.25, 0.3) is 0 Å². The molecule has 2 rings (SSSR count). The van der Waals surface area contributed by atoms with Crippen LogP contribution in [-0.4, -0.2) is 29.3 Å². The molecule has 1 saturated heterocycles. The van der Waals surface area contributed by atoms with Crippen molar-refractivity contribution < 1.29 is 19.5 Å². The maximum Gasteiger partial charge on any atom is 0.335 e. The third kappa shape index (κ3) is 2.21. The molecule has 5 nitrogen and oxygen atoms in total. The summed E-state index contributed by atoms with van der Waals surface area (Å²) in [6.07, 6.45) is -0.121. The van der Waals surface area contributed by atoms with Crippen LogP contribution in [0.15, 0.2) is 22.7 Å². The maximum atomic E-state index is 11.6. The summed E-state index contributed by atoms with van der Waals surface area (Å²) >= 11 is 3.24. The van der Waals surface area contributed by atoms with Crippen molar-refractivity contribution in [3.05, 3.63) is 28.2 Å². The first-order valence-electron chi connectivity index (χ1n) is 4.84. The Morgan fingerprint density at radius 1 is 1.35 bits per heavy atom. The van der Waals surface area contributed by atoms with E-state index in [0.29, 0.717) is 10.2 Å². The van der Waals surface area contributed by atoms with E-state index in [-0.39, 0.29) is 30.2 Å². The number of carboxylic acid groups (broad SMARTS) is 1. The van der Waals surface area contributed by atoms with Gasteiger partial charge in [0, 0.05) is 4.47 Å². The Bertz CT molecular complexity index is 526. The van der Waals surface area contributed by atoms with Crippen LogP contribution < -0.4 is 4.90 Å². The van der Waals surface area contributed by atoms with Crippen molar-refractivity contribution in [2.24, 2.45) is 0 Å². The third-order valence-corrected chi connectivity index (χ3v) is 3.14. The normalized spacial score (nSPS) is 15.5. The molecule has 0 saturated carbocycles. The summed E-state index contributed by atoms with van der Waals surface area (Å²) in [7, 11) is 0. The van der Waals surface area contributed by atoms with Crippen molar-refractivity contribution in [3.63, 3.8) is 0 Å². The molecule has 1 heterocycles. The predicted molar refractivity (Wildman–Crippen MR) is 63.1 cm³/mol. The van der Waals surface area contributed by atoms with Gasteiger partial charge in [0.05, 0.1) is 24.2 Å². The molecule has 0 spiro atoms. The number of rotatable bonds is 2. The monoisotopic (exact) mass is 297 g/mol. The highest BCUT2D eigenvalue weighted by atomic mass is 79.9. The van der Waals surface area contributed by atoms with Crippen molar-refractivity contribution in [1.29, 1.82) is 0 Å². The minimum atomic E-state index is -1.07. The number of ketones is 1. The van der Waals surface area contributed by atoms with Gasteiger partial charge in [0.2, 0.25) is 5.91 Å². The Labute approximate surface area is 105 Å². The van der Waals surface area contributed by atoms with Crippen LogP contribution in [0.4, 0.5) is 5.69 Å². The van der Waals surface area contributed by atoms with Crippen molar-refractivity contribution in [2.45, 2.75) is 6.42 Å². The molecule has 0 aromatic heterocycles. The molecule has 1 aromatic rings. The number of carboxylic acids is 1. The van der Waals surface area contributed by atoms with Crippen LogP contribution >= 0.6 is 15.9 Å². The summed E-state index contributed by atoms with van der Waals surface area (Å²) in [4.78, 5) is 34.9. The van der Waals surface area contributed by atoms with Crippen molar-refractivity contribution in [1.82, 2.24) is 0 Å². The number of halogens is 1. The number of hydrogen-bond acceptors (Lipinski definition) is 3. The number of amides is 1. The van der Waals surface area contributed by atoms with Crippen LogP contribution in [0.5, 0.6) is 0 Å². The number of anilines is 1. The molecule has 0 unspecified atom stereocenters. The summed E-state index contributed by atoms with van der Waals surface area (Å²) in [5.41, 5.74) is 0.496. The van der Waals surface area contributed by atoms with Crippen LogP contribution in [-0.2, 0) is 9.59 Å². The molecular weight excluding hydrogens is 290 g/mol. The van der Waals surface area contributed by atoms with Crippen LogP contribution in [0.1, 0.15) is 16.8 Å². The number of benzene rings is 1. The van der Waals surface area contributed by atoms with Crippen LogP contribution in [0.2, 0.25) is 0 Å². The summed E-state index contributed by atoms with van der Waals surface area (Å²) in [6.45, 7) is 0.000502. The second-order valence-electron chi connectivity index (χ2n) is 3.67. The van der Waals surface area contributed by atoms with E-state index in [4.69, 9.17) is 5.11 Å². The molecule has 17 heavy (non-hydrogen) atoms. The van der Waals surface area contributed by atoms with Gasteiger partial charge in [-0.3, -0.25) is 9.59 Å². The zero-order valence-electron chi connectivity index (χ0n) is 8.64. The molecular formula is C11H8BrNO4. The van der Waals surface area contributed by atoms with E-state index in [1.165, 1.54) is 17.0 Å². The van der Waals surface area contributed by atoms with Gasteiger partial charge in [-0.2, -0.15) is 0 Å². The zero-order chi connectivity index (χ0) is 12.6. The highest BCUT2D eigenvalue weighted by Gasteiger charge is 2.30. The number of nitrogens with zero attached hydrogens (tertiary/aromatic N) is 1. The van der Waals surface area contributed by atoms with Gasteiger partial charge < -0.3 is 10.0 Å². The number of carbonyl (C=O) groups excluding carboxylic acids is 2. The molecule has 1 fully saturated rings. The Morgan fingerprint density at radius 3 is 2.59 bits per heavy atom. The standard InChI is InChI=1S/C11H8BrNO4/c12-8-2-1-6(11(16)17)3-9(8)13-5-7(14)4-10(13)15/h1-3H,4-5H2,(H,16,17). The average molecular weight is 298 g/mol. The molecule has 1 aliphatic heterocycles. The highest BCUT2D eigenvalue weighted by molar-refractivity contribution is 9.10. The highest BCUT2D eigenvalue weighted by Crippen LogP contribution is 2.30. The number of hydrogen-bond donors (Lipinski definition) is 1. The lowest BCUT2D eigenvalue weighted by Crippen LogP contribution is -2.25. The zero-order valence-corrected chi connectivity index (χ0v) is 10.2. The van der Waals surface area contributed by atoms with E-state index in [1.54, 1.807) is 6.07 Å². The molecule has 6 heteroatoms. The van der Waals surface area contributed by atoms with Crippen molar-refractivity contribution in [2.75, 3.05) is 11.4 Å². The van der Waals surface area contributed by atoms with Gasteiger partial charge in [0.1, 0.15) is 0 Å². The van der Waals surface area contributed by atoms with Gasteiger partial charge in [-0.15, -0.1) is 0 Å². The SMILES string of the molecule is O=C1CC(=O)N(c2cc(C(=O)O)ccc2Br)C1. The first-order chi connectivity index (χ1) is 7.99. The topological polar surface area (TPSA) is 74.7 Å². The third-order valence-electron chi connectivity index (χ3n) is 2.47. The van der Waals surface area contributed by atoms with Gasteiger partial charge >= 0.3 is 5.97 Å². The van der Waals surface area contributed by atoms with Gasteiger partial charge in [0.25, 0.3) is 0 Å². The summed E-state index contributed by atoms with van der Waals surface area (Å²) in [6, 6.07) is 4.36. The summed E-state index contributed by atoms with van der Waals surface area (Å²) in [5, 5.41) is 8.88. The Kier molecular flexibility index (Phi) is 2.97. The molecule has 1 N–H and O–H groups in total. The lowest BCUT2D eigenvalue weighted by molar-refractivity contribution is -0.121. The summed E-state index contributed by atoms with van der Waals surface area (Å²) in [5.74, 6) is -1.54. The fourth-order valence-corrected chi connectivity index (χ4v) is 2.12. The number of aromatic carboxylic acids is 1. The van der Waals surface area contributed by atoms with E-state index in [2.05, 4.69) is 15.9 Å². The number of Topliss-reactive ketones (excluding diaryl/α,β-unsaturated/α-hetero) is 1. The Morgan fingerprint density at radius 2 is 2.06 bits per heavy atom. The fraction of sp³-hybridized carbons (Fsp3) is 0.182. The smallest absolute Gasteiger partial charge is 0.335 e. The van der Waals surface area contributed by atoms with E-state index < -0.39 is 5.97 Å². The lowest BCUT2D eigenvalue weighted by atomic mass is 10.2. The molecule has 0 radical (unpaired) electrons. The maximum absolute atomic E-state index is 11.6. The van der Waals surface area contributed by atoms with E-state index >= 15 is 0 Å². The predicted octanol–water partition coefficient (Wildman–Crippen LogP) is 1.45. The molecule has 0 aliphatic carbocycles. The largest absolute Gasteiger partial charge is 0.478 e. The summed E-state index contributed by atoms with van der Waals surface area (Å²) < 4.78 is 0.588. The second kappa shape index (κ2) is 4.29. The molecule has 88 valence electrons. The first kappa shape index (κ1) is 11.8. The molecule has 1 aromatic carbocycles. The molecule has 1 amide bonds. The quantitative estimate of drug-likeness (QED) is 0.839. The lowest BCUT2D eigenvalue weighted by Gasteiger charge is -2.16. The second-order valence-corrected chi connectivity index (χ2v) is 4.52. The minimum Gasteiger partial charge on any atom is -0.478 e. The van der Waals surface area contributed by atoms with Crippen molar-refractivity contribution in [3.8, 4) is 0 Å². The minimum absolute atomic E-state index is 0.000502. The van der Waals surface area contributed by atoms with E-state index in [0.717, 1.165) is 0 Å². The Hall–Kier alpha value is -1.69. The van der Waals surface area contributed by atoms with Gasteiger partial charge in [0.15, 0.2) is 5.78 Å². The Balaban J connectivity index is 2.44. The first-order valence-corrected chi connectivity index (χ1v) is 5.63. The molecule has 1 aliphatic rings.